The smallest absolute Gasteiger partial charge is 0.180 e. The maximum absolute atomic E-state index is 5.46. The minimum Gasteiger partial charge on any atom is -0.377 e. The van der Waals surface area contributed by atoms with E-state index in [-0.39, 0.29) is 0 Å². The van der Waals surface area contributed by atoms with Crippen LogP contribution < -0.4 is 11.5 Å². The van der Waals surface area contributed by atoms with Crippen molar-refractivity contribution in [2.45, 2.75) is 0 Å². The topological polar surface area (TPSA) is 101 Å². The summed E-state index contributed by atoms with van der Waals surface area (Å²) in [6, 6.07) is 0. The Kier molecular flexibility index (Phi) is 2.73. The van der Waals surface area contributed by atoms with Gasteiger partial charge in [0.25, 0.3) is 0 Å². The van der Waals surface area contributed by atoms with Crippen LogP contribution in [0.4, 0.5) is 0 Å². The van der Waals surface area contributed by atoms with E-state index in [0.29, 0.717) is 21.8 Å². The first-order chi connectivity index (χ1) is 6.75. The molecule has 0 saturated carbocycles. The van der Waals surface area contributed by atoms with Crippen molar-refractivity contribution in [1.82, 2.24) is 0 Å². The molecule has 0 fully saturated rings. The molecule has 0 aromatic heterocycles. The first-order valence-electron chi connectivity index (χ1n) is 3.81. The van der Waals surface area contributed by atoms with E-state index in [4.69, 9.17) is 11.5 Å². The molecule has 0 aromatic carbocycles. The minimum absolute atomic E-state index is 0.487. The van der Waals surface area contributed by atoms with Crippen molar-refractivity contribution in [1.29, 1.82) is 0 Å². The molecule has 0 spiro atoms. The van der Waals surface area contributed by atoms with Gasteiger partial charge < -0.3 is 11.5 Å². The summed E-state index contributed by atoms with van der Waals surface area (Å²) in [5, 5.41) is 16.5. The highest BCUT2D eigenvalue weighted by molar-refractivity contribution is 8.15. The van der Waals surface area contributed by atoms with Crippen molar-refractivity contribution in [2.75, 3.05) is 11.5 Å². The van der Waals surface area contributed by atoms with Crippen molar-refractivity contribution >= 4 is 45.3 Å². The van der Waals surface area contributed by atoms with Gasteiger partial charge in [0.1, 0.15) is 0 Å². The van der Waals surface area contributed by atoms with Crippen molar-refractivity contribution in [3.05, 3.63) is 0 Å². The largest absolute Gasteiger partial charge is 0.377 e. The summed E-state index contributed by atoms with van der Waals surface area (Å²) in [4.78, 5) is 0. The number of thioether (sulfide) groups is 2. The lowest BCUT2D eigenvalue weighted by molar-refractivity contribution is 1.20. The highest BCUT2D eigenvalue weighted by Gasteiger charge is 2.17. The summed E-state index contributed by atoms with van der Waals surface area (Å²) in [6.45, 7) is 0. The third kappa shape index (κ3) is 2.07. The van der Waals surface area contributed by atoms with E-state index in [2.05, 4.69) is 20.4 Å². The molecule has 2 heterocycles. The standard InChI is InChI=1S/C6H8N6S2/c7-5-11-9-3(1-13-5)4-2-14-6(8)12-10-4/h1-2H2,(H2,7,11)(H2,8,12). The van der Waals surface area contributed by atoms with Crippen LogP contribution in [0.2, 0.25) is 0 Å². The number of nitrogens with two attached hydrogens (primary N) is 2. The van der Waals surface area contributed by atoms with Crippen molar-refractivity contribution in [3.8, 4) is 0 Å². The summed E-state index contributed by atoms with van der Waals surface area (Å²) >= 11 is 2.90. The normalized spacial score (nSPS) is 22.0. The fourth-order valence-electron chi connectivity index (χ4n) is 0.901. The second kappa shape index (κ2) is 4.01. The zero-order valence-electron chi connectivity index (χ0n) is 7.17. The lowest BCUT2D eigenvalue weighted by Crippen LogP contribution is -2.27. The van der Waals surface area contributed by atoms with Gasteiger partial charge in [-0.15, -0.1) is 10.2 Å². The average Bonchev–Trinajstić information content (AvgIpc) is 2.21. The Balaban J connectivity index is 2.17. The Labute approximate surface area is 89.0 Å². The fourth-order valence-corrected chi connectivity index (χ4v) is 2.12. The summed E-state index contributed by atoms with van der Waals surface area (Å²) in [5.41, 5.74) is 12.6. The van der Waals surface area contributed by atoms with Gasteiger partial charge in [0, 0.05) is 11.5 Å². The summed E-state index contributed by atoms with van der Waals surface area (Å²) < 4.78 is 0. The van der Waals surface area contributed by atoms with Crippen molar-refractivity contribution < 1.29 is 0 Å². The zero-order chi connectivity index (χ0) is 9.97. The Morgan fingerprint density at radius 2 is 1.21 bits per heavy atom. The summed E-state index contributed by atoms with van der Waals surface area (Å²) in [5.74, 6) is 1.40. The molecule has 6 nitrogen and oxygen atoms in total. The molecule has 0 bridgehead atoms. The van der Waals surface area contributed by atoms with Gasteiger partial charge in [0.15, 0.2) is 10.3 Å². The van der Waals surface area contributed by atoms with E-state index < -0.39 is 0 Å². The Morgan fingerprint density at radius 1 is 0.786 bits per heavy atom. The molecule has 4 N–H and O–H groups in total. The monoisotopic (exact) mass is 228 g/mol. The van der Waals surface area contributed by atoms with E-state index in [0.717, 1.165) is 11.4 Å². The molecule has 14 heavy (non-hydrogen) atoms. The van der Waals surface area contributed by atoms with Gasteiger partial charge >= 0.3 is 0 Å². The van der Waals surface area contributed by atoms with Crippen LogP contribution in [0.3, 0.4) is 0 Å². The molecule has 0 saturated heterocycles. The predicted octanol–water partition coefficient (Wildman–Crippen LogP) is -0.179. The number of hydrogen-bond acceptors (Lipinski definition) is 8. The van der Waals surface area contributed by atoms with E-state index >= 15 is 0 Å². The van der Waals surface area contributed by atoms with Crippen molar-refractivity contribution in [2.24, 2.45) is 31.9 Å². The molecule has 2 rings (SSSR count). The average molecular weight is 228 g/mol. The van der Waals surface area contributed by atoms with Crippen LogP contribution in [0, 0.1) is 0 Å². The second-order valence-corrected chi connectivity index (χ2v) is 4.54. The number of nitrogens with zero attached hydrogens (tertiary/aromatic N) is 4. The van der Waals surface area contributed by atoms with Gasteiger partial charge in [-0.25, -0.2) is 0 Å². The SMILES string of the molecule is NC1=NN=C(C2=NN=C(N)SC2)CS1. The number of hydrogen-bond donors (Lipinski definition) is 2. The summed E-state index contributed by atoms with van der Waals surface area (Å²) in [6.07, 6.45) is 0. The summed E-state index contributed by atoms with van der Waals surface area (Å²) in [7, 11) is 0. The van der Waals surface area contributed by atoms with Gasteiger partial charge in [-0.1, -0.05) is 23.5 Å². The molecule has 0 aromatic rings. The molecule has 0 atom stereocenters. The van der Waals surface area contributed by atoms with Gasteiger partial charge in [-0.05, 0) is 0 Å². The first-order valence-corrected chi connectivity index (χ1v) is 5.79. The van der Waals surface area contributed by atoms with Crippen LogP contribution in [0.25, 0.3) is 0 Å². The van der Waals surface area contributed by atoms with E-state index in [9.17, 15) is 0 Å². The fraction of sp³-hybridized carbons (Fsp3) is 0.333. The third-order valence-corrected chi connectivity index (χ3v) is 3.18. The molecule has 0 unspecified atom stereocenters. The van der Waals surface area contributed by atoms with Crippen molar-refractivity contribution in [3.63, 3.8) is 0 Å². The molecule has 0 radical (unpaired) electrons. The van der Waals surface area contributed by atoms with Crippen LogP contribution in [0.1, 0.15) is 0 Å². The third-order valence-electron chi connectivity index (χ3n) is 1.59. The predicted molar refractivity (Wildman–Crippen MR) is 63.0 cm³/mol. The van der Waals surface area contributed by atoms with Crippen LogP contribution >= 0.6 is 23.5 Å². The quantitative estimate of drug-likeness (QED) is 0.650. The molecule has 2 aliphatic heterocycles. The Hall–Kier alpha value is -1.02. The number of rotatable bonds is 1. The molecular formula is C6H8N6S2. The van der Waals surface area contributed by atoms with E-state index in [1.807, 2.05) is 0 Å². The Bertz CT molecular complexity index is 333. The lowest BCUT2D eigenvalue weighted by Gasteiger charge is -2.12. The maximum Gasteiger partial charge on any atom is 0.180 e. The molecule has 0 amide bonds. The van der Waals surface area contributed by atoms with Gasteiger partial charge in [-0.3, -0.25) is 0 Å². The minimum atomic E-state index is 0.487. The zero-order valence-corrected chi connectivity index (χ0v) is 8.81. The van der Waals surface area contributed by atoms with Crippen LogP contribution in [-0.4, -0.2) is 33.3 Å². The molecular weight excluding hydrogens is 220 g/mol. The van der Waals surface area contributed by atoms with E-state index in [1.54, 1.807) is 0 Å². The van der Waals surface area contributed by atoms with Crippen LogP contribution in [-0.2, 0) is 0 Å². The molecule has 8 heteroatoms. The highest BCUT2D eigenvalue weighted by Crippen LogP contribution is 2.13. The van der Waals surface area contributed by atoms with Gasteiger partial charge in [0.05, 0.1) is 11.4 Å². The molecule has 74 valence electrons. The van der Waals surface area contributed by atoms with Gasteiger partial charge in [0.2, 0.25) is 0 Å². The lowest BCUT2D eigenvalue weighted by atomic mass is 10.3. The molecule has 0 aliphatic carbocycles. The Morgan fingerprint density at radius 3 is 1.50 bits per heavy atom. The van der Waals surface area contributed by atoms with Crippen LogP contribution in [0.5, 0.6) is 0 Å². The number of amidine groups is 2. The van der Waals surface area contributed by atoms with E-state index in [1.165, 1.54) is 23.5 Å². The van der Waals surface area contributed by atoms with Gasteiger partial charge in [-0.2, -0.15) is 10.2 Å². The molecule has 2 aliphatic rings. The maximum atomic E-state index is 5.46. The van der Waals surface area contributed by atoms with Crippen LogP contribution in [0.15, 0.2) is 20.4 Å². The highest BCUT2D eigenvalue weighted by atomic mass is 32.2. The first kappa shape index (κ1) is 9.53. The second-order valence-electron chi connectivity index (χ2n) is 2.55.